The van der Waals surface area contributed by atoms with E-state index in [0.717, 1.165) is 5.35 Å². The molecule has 4 heterocycles. The van der Waals surface area contributed by atoms with Gasteiger partial charge in [-0.05, 0) is 36.1 Å². The molecule has 32 heavy (non-hydrogen) atoms. The molecule has 0 spiro atoms. The van der Waals surface area contributed by atoms with Crippen molar-refractivity contribution in [2.45, 2.75) is 0 Å². The largest absolute Gasteiger partial charge is 0.308 e. The topological polar surface area (TPSA) is 8.82 Å². The summed E-state index contributed by atoms with van der Waals surface area (Å²) in [5.74, 6) is 0. The van der Waals surface area contributed by atoms with E-state index in [-0.39, 0.29) is 0 Å². The summed E-state index contributed by atoms with van der Waals surface area (Å²) in [6.45, 7) is 0. The summed E-state index contributed by atoms with van der Waals surface area (Å²) in [6.07, 6.45) is 4.20. The van der Waals surface area contributed by atoms with Crippen molar-refractivity contribution in [3.8, 4) is 0 Å². The van der Waals surface area contributed by atoms with Crippen LogP contribution in [0.1, 0.15) is 0 Å². The molecule has 0 atom stereocenters. The number of nitrogens with zero attached hydrogens (tertiary/aromatic N) is 2. The van der Waals surface area contributed by atoms with Gasteiger partial charge in [-0.25, -0.2) is 0 Å². The normalized spacial score (nSPS) is 13.5. The van der Waals surface area contributed by atoms with Gasteiger partial charge >= 0.3 is 0 Å². The monoisotopic (exact) mass is 402 g/mol. The number of aromatic nitrogens is 2. The second-order valence-corrected chi connectivity index (χ2v) is 8.78. The van der Waals surface area contributed by atoms with Crippen LogP contribution in [-0.2, 0) is 0 Å². The van der Waals surface area contributed by atoms with Gasteiger partial charge in [-0.3, -0.25) is 0 Å². The van der Waals surface area contributed by atoms with Gasteiger partial charge in [-0.1, -0.05) is 60.3 Å². The van der Waals surface area contributed by atoms with Gasteiger partial charge in [0.1, 0.15) is 5.35 Å². The van der Waals surface area contributed by atoms with Crippen LogP contribution in [0.4, 0.5) is 0 Å². The Morgan fingerprint density at radius 2 is 1.03 bits per heavy atom. The average Bonchev–Trinajstić information content (AvgIpc) is 3.56. The third-order valence-corrected chi connectivity index (χ3v) is 7.41. The summed E-state index contributed by atoms with van der Waals surface area (Å²) in [7, 11) is 0. The minimum absolute atomic E-state index is 1.11. The van der Waals surface area contributed by atoms with Crippen molar-refractivity contribution in [2.24, 2.45) is 0 Å². The Balaban J connectivity index is 1.87. The lowest BCUT2D eigenvalue weighted by molar-refractivity contribution is 1.22. The molecule has 0 fully saturated rings. The number of para-hydroxylation sites is 3. The van der Waals surface area contributed by atoms with Crippen LogP contribution in [0.3, 0.4) is 0 Å². The fourth-order valence-electron chi connectivity index (χ4n) is 6.34. The maximum atomic E-state index is 3.44. The lowest BCUT2D eigenvalue weighted by Gasteiger charge is -2.01. The molecule has 2 heteroatoms. The van der Waals surface area contributed by atoms with E-state index in [4.69, 9.17) is 0 Å². The molecule has 0 radical (unpaired) electrons. The van der Waals surface area contributed by atoms with Crippen LogP contribution in [0.2, 0.25) is 0 Å². The van der Waals surface area contributed by atoms with Crippen molar-refractivity contribution < 1.29 is 0 Å². The van der Waals surface area contributed by atoms with Crippen molar-refractivity contribution in [1.82, 2.24) is 8.80 Å². The van der Waals surface area contributed by atoms with Crippen LogP contribution in [-0.4, -0.2) is 8.80 Å². The van der Waals surface area contributed by atoms with E-state index in [0.29, 0.717) is 0 Å². The molecule has 1 aliphatic carbocycles. The zero-order valence-corrected chi connectivity index (χ0v) is 17.0. The first kappa shape index (κ1) is 15.3. The van der Waals surface area contributed by atoms with Gasteiger partial charge in [0.05, 0.1) is 27.6 Å². The fraction of sp³-hybridized carbons (Fsp3) is 0. The SMILES string of the molecule is C1=C=c2c(c3c4c5ccccc5n5c6ccccc6c(c6c7ccccc7n2c36)c45)=CC=1. The second-order valence-electron chi connectivity index (χ2n) is 8.78. The van der Waals surface area contributed by atoms with Gasteiger partial charge in [0, 0.05) is 42.9 Å². The minimum Gasteiger partial charge on any atom is -0.308 e. The summed E-state index contributed by atoms with van der Waals surface area (Å²) in [5, 5.41) is 11.7. The molecule has 144 valence electrons. The van der Waals surface area contributed by atoms with E-state index in [1.807, 2.05) is 6.08 Å². The molecule has 0 bridgehead atoms. The smallest absolute Gasteiger partial charge is 0.105 e. The first-order valence-electron chi connectivity index (χ1n) is 11.0. The molecule has 0 N–H and O–H groups in total. The first-order valence-corrected chi connectivity index (χ1v) is 11.0. The van der Waals surface area contributed by atoms with Crippen LogP contribution < -0.4 is 10.6 Å². The maximum absolute atomic E-state index is 3.44. The Hall–Kier alpha value is -4.48. The van der Waals surface area contributed by atoms with Gasteiger partial charge in [0.25, 0.3) is 0 Å². The Morgan fingerprint density at radius 1 is 0.531 bits per heavy atom. The molecule has 0 unspecified atom stereocenters. The average molecular weight is 402 g/mol. The minimum atomic E-state index is 1.11. The molecule has 0 saturated carbocycles. The van der Waals surface area contributed by atoms with Gasteiger partial charge in [-0.15, -0.1) is 0 Å². The predicted octanol–water partition coefficient (Wildman–Crippen LogP) is 5.72. The highest BCUT2D eigenvalue weighted by molar-refractivity contribution is 6.41. The van der Waals surface area contributed by atoms with E-state index in [1.165, 1.54) is 70.5 Å². The lowest BCUT2D eigenvalue weighted by Crippen LogP contribution is -2.25. The number of allylic oxidation sites excluding steroid dienone is 1. The van der Waals surface area contributed by atoms with E-state index in [9.17, 15) is 0 Å². The molecular weight excluding hydrogens is 388 g/mol. The predicted molar refractivity (Wildman–Crippen MR) is 133 cm³/mol. The zero-order valence-electron chi connectivity index (χ0n) is 17.0. The number of rotatable bonds is 0. The molecule has 9 rings (SSSR count). The number of benzene rings is 4. The number of hydrogen-bond acceptors (Lipinski definition) is 0. The molecule has 2 nitrogen and oxygen atoms in total. The Morgan fingerprint density at radius 3 is 1.66 bits per heavy atom. The highest BCUT2D eigenvalue weighted by Crippen LogP contribution is 2.47. The van der Waals surface area contributed by atoms with Crippen molar-refractivity contribution in [2.75, 3.05) is 0 Å². The van der Waals surface area contributed by atoms with E-state index >= 15 is 0 Å². The Kier molecular flexibility index (Phi) is 2.34. The van der Waals surface area contributed by atoms with E-state index < -0.39 is 0 Å². The second kappa shape index (κ2) is 4.88. The molecule has 4 aromatic heterocycles. The number of hydrogen-bond donors (Lipinski definition) is 0. The quantitative estimate of drug-likeness (QED) is 0.287. The van der Waals surface area contributed by atoms with Gasteiger partial charge in [0.15, 0.2) is 0 Å². The van der Waals surface area contributed by atoms with Crippen LogP contribution >= 0.6 is 0 Å². The third-order valence-electron chi connectivity index (χ3n) is 7.41. The van der Waals surface area contributed by atoms with Gasteiger partial charge < -0.3 is 8.80 Å². The third kappa shape index (κ3) is 1.43. The van der Waals surface area contributed by atoms with Crippen LogP contribution in [0, 0.1) is 0 Å². The molecule has 8 aromatic rings. The molecular formula is C30H14N2. The lowest BCUT2D eigenvalue weighted by atomic mass is 9.98. The van der Waals surface area contributed by atoms with E-state index in [1.54, 1.807) is 0 Å². The molecule has 0 saturated heterocycles. The van der Waals surface area contributed by atoms with Crippen LogP contribution in [0.25, 0.3) is 77.1 Å². The summed E-state index contributed by atoms with van der Waals surface area (Å²) >= 11 is 0. The van der Waals surface area contributed by atoms with E-state index in [2.05, 4.69) is 99.1 Å². The molecule has 4 aromatic carbocycles. The summed E-state index contributed by atoms with van der Waals surface area (Å²) < 4.78 is 4.89. The van der Waals surface area contributed by atoms with Crippen molar-refractivity contribution in [3.05, 3.63) is 95.2 Å². The Labute approximate surface area is 181 Å². The Bertz CT molecular complexity index is 2310. The van der Waals surface area contributed by atoms with Crippen molar-refractivity contribution in [1.29, 1.82) is 0 Å². The van der Waals surface area contributed by atoms with Gasteiger partial charge in [-0.2, -0.15) is 0 Å². The van der Waals surface area contributed by atoms with Crippen molar-refractivity contribution in [3.63, 3.8) is 0 Å². The number of fused-ring (bicyclic) bond motifs is 14. The zero-order chi connectivity index (χ0) is 20.6. The van der Waals surface area contributed by atoms with Crippen LogP contribution in [0.15, 0.2) is 84.6 Å². The summed E-state index contributed by atoms with van der Waals surface area (Å²) in [5.41, 5.74) is 13.1. The summed E-state index contributed by atoms with van der Waals surface area (Å²) in [4.78, 5) is 0. The molecule has 0 aliphatic heterocycles. The maximum Gasteiger partial charge on any atom is 0.105 e. The molecule has 0 amide bonds. The fourth-order valence-corrected chi connectivity index (χ4v) is 6.34. The van der Waals surface area contributed by atoms with Gasteiger partial charge in [0.2, 0.25) is 0 Å². The first-order chi connectivity index (χ1) is 15.9. The highest BCUT2D eigenvalue weighted by atomic mass is 14.9. The standard InChI is InChI=1S/C30H14N2/c1-5-13-21-17(9-1)25-26-18-10-2-7-15-23(18)32-24-16-8-4-12-20(24)28(30(26)32)27-19-11-3-6-14-22(19)31(21)29(25)27/h1-7,9-15H. The van der Waals surface area contributed by atoms with Crippen LogP contribution in [0.5, 0.6) is 0 Å². The highest BCUT2D eigenvalue weighted by Gasteiger charge is 2.27. The van der Waals surface area contributed by atoms with Crippen molar-refractivity contribution >= 4 is 77.1 Å². The molecule has 1 aliphatic rings. The summed E-state index contributed by atoms with van der Waals surface area (Å²) in [6, 6.07) is 26.5.